The largest absolute Gasteiger partial charge is 0.416 e. The van der Waals surface area contributed by atoms with Gasteiger partial charge >= 0.3 is 6.18 Å². The fourth-order valence-corrected chi connectivity index (χ4v) is 3.36. The maximum atomic E-state index is 13.0. The average Bonchev–Trinajstić information content (AvgIpc) is 2.40. The Bertz CT molecular complexity index is 683. The highest BCUT2D eigenvalue weighted by Gasteiger charge is 2.33. The number of nitrogens with two attached hydrogens (primary N) is 1. The van der Waals surface area contributed by atoms with Crippen molar-refractivity contribution in [2.75, 3.05) is 5.73 Å². The topological polar surface area (TPSA) is 43.1 Å². The zero-order valence-electron chi connectivity index (χ0n) is 11.3. The van der Waals surface area contributed by atoms with Crippen LogP contribution >= 0.6 is 0 Å². The van der Waals surface area contributed by atoms with Gasteiger partial charge in [-0.3, -0.25) is 4.21 Å². The van der Waals surface area contributed by atoms with Gasteiger partial charge in [0.15, 0.2) is 0 Å². The van der Waals surface area contributed by atoms with Crippen molar-refractivity contribution in [3.63, 3.8) is 0 Å². The molecule has 0 spiro atoms. The molecule has 0 radical (unpaired) electrons. The summed E-state index contributed by atoms with van der Waals surface area (Å²) in [6, 6.07) is 10.5. The highest BCUT2D eigenvalue weighted by atomic mass is 32.2. The van der Waals surface area contributed by atoms with Crippen LogP contribution in [0.15, 0.2) is 47.4 Å². The van der Waals surface area contributed by atoms with Gasteiger partial charge in [-0.25, -0.2) is 0 Å². The molecule has 2 rings (SSSR count). The van der Waals surface area contributed by atoms with Crippen LogP contribution in [-0.4, -0.2) is 4.21 Å². The van der Waals surface area contributed by atoms with Gasteiger partial charge in [0.1, 0.15) is 0 Å². The molecule has 0 aliphatic heterocycles. The summed E-state index contributed by atoms with van der Waals surface area (Å²) in [7, 11) is -1.54. The van der Waals surface area contributed by atoms with Gasteiger partial charge in [-0.15, -0.1) is 0 Å². The monoisotopic (exact) mass is 313 g/mol. The molecular weight excluding hydrogens is 299 g/mol. The molecule has 0 aliphatic rings. The first-order valence-corrected chi connectivity index (χ1v) is 7.50. The maximum Gasteiger partial charge on any atom is 0.416 e. The molecule has 2 aromatic rings. The van der Waals surface area contributed by atoms with Crippen LogP contribution in [0, 0.1) is 6.92 Å². The van der Waals surface area contributed by atoms with Gasteiger partial charge in [-0.1, -0.05) is 24.3 Å². The van der Waals surface area contributed by atoms with E-state index in [9.17, 15) is 17.4 Å². The second-order valence-corrected chi connectivity index (χ2v) is 6.09. The molecule has 0 saturated carbocycles. The van der Waals surface area contributed by atoms with Gasteiger partial charge in [-0.2, -0.15) is 13.2 Å². The maximum absolute atomic E-state index is 13.0. The highest BCUT2D eigenvalue weighted by Crippen LogP contribution is 2.34. The van der Waals surface area contributed by atoms with Crippen LogP contribution in [0.25, 0.3) is 0 Å². The van der Waals surface area contributed by atoms with Crippen LogP contribution in [0.3, 0.4) is 0 Å². The Morgan fingerprint density at radius 1 is 1.14 bits per heavy atom. The summed E-state index contributed by atoms with van der Waals surface area (Å²) in [6.07, 6.45) is -4.51. The summed E-state index contributed by atoms with van der Waals surface area (Å²) in [5.41, 5.74) is 5.40. The summed E-state index contributed by atoms with van der Waals surface area (Å²) in [5, 5.41) is 0. The summed E-state index contributed by atoms with van der Waals surface area (Å²) in [6.45, 7) is 1.78. The first kappa shape index (κ1) is 15.6. The van der Waals surface area contributed by atoms with Gasteiger partial charge in [0.2, 0.25) is 0 Å². The third-order valence-electron chi connectivity index (χ3n) is 3.06. The van der Waals surface area contributed by atoms with Gasteiger partial charge in [0, 0.05) is 10.6 Å². The first-order chi connectivity index (χ1) is 9.79. The number of anilines is 1. The number of halogens is 3. The molecule has 6 heteroatoms. The summed E-state index contributed by atoms with van der Waals surface area (Å²) in [4.78, 5) is 0.544. The van der Waals surface area contributed by atoms with Crippen LogP contribution in [0.5, 0.6) is 0 Å². The highest BCUT2D eigenvalue weighted by molar-refractivity contribution is 7.84. The lowest BCUT2D eigenvalue weighted by molar-refractivity contribution is -0.138. The number of rotatable bonds is 3. The molecule has 2 nitrogen and oxygen atoms in total. The number of aryl methyl sites for hydroxylation is 1. The molecule has 0 fully saturated rings. The molecule has 112 valence electrons. The average molecular weight is 313 g/mol. The predicted molar refractivity (Wildman–Crippen MR) is 77.1 cm³/mol. The van der Waals surface area contributed by atoms with E-state index in [1.54, 1.807) is 31.2 Å². The minimum absolute atomic E-state index is 0.0155. The Hall–Kier alpha value is -1.82. The fraction of sp³-hybridized carbons (Fsp3) is 0.200. The predicted octanol–water partition coefficient (Wildman–Crippen LogP) is 3.90. The molecule has 1 unspecified atom stereocenters. The van der Waals surface area contributed by atoms with E-state index in [-0.39, 0.29) is 17.0 Å². The van der Waals surface area contributed by atoms with Crippen molar-refractivity contribution in [2.24, 2.45) is 0 Å². The minimum Gasteiger partial charge on any atom is -0.399 e. The van der Waals surface area contributed by atoms with E-state index in [1.807, 2.05) is 0 Å². The van der Waals surface area contributed by atoms with Crippen molar-refractivity contribution in [1.82, 2.24) is 0 Å². The molecule has 0 bridgehead atoms. The number of hydrogen-bond donors (Lipinski definition) is 1. The molecule has 0 saturated heterocycles. The Labute approximate surface area is 123 Å². The van der Waals surface area contributed by atoms with Gasteiger partial charge < -0.3 is 5.73 Å². The first-order valence-electron chi connectivity index (χ1n) is 6.18. The number of hydrogen-bond acceptors (Lipinski definition) is 2. The van der Waals surface area contributed by atoms with Crippen molar-refractivity contribution in [3.05, 3.63) is 59.2 Å². The molecule has 1 atom stereocenters. The molecule has 21 heavy (non-hydrogen) atoms. The van der Waals surface area contributed by atoms with E-state index < -0.39 is 22.5 Å². The standard InChI is InChI=1S/C15H14F3NOS/c1-10-4-2-3-5-14(10)21(20)9-11-6-7-12(19)8-13(11)15(16,17)18/h2-8H,9,19H2,1H3. The van der Waals surface area contributed by atoms with Crippen LogP contribution < -0.4 is 5.73 Å². The molecule has 0 aliphatic carbocycles. The van der Waals surface area contributed by atoms with Crippen molar-refractivity contribution in [3.8, 4) is 0 Å². The minimum atomic E-state index is -4.51. The lowest BCUT2D eigenvalue weighted by atomic mass is 10.1. The number of benzene rings is 2. The van der Waals surface area contributed by atoms with Crippen LogP contribution in [0.1, 0.15) is 16.7 Å². The Morgan fingerprint density at radius 2 is 1.81 bits per heavy atom. The van der Waals surface area contributed by atoms with Crippen molar-refractivity contribution in [1.29, 1.82) is 0 Å². The Balaban J connectivity index is 2.36. The van der Waals surface area contributed by atoms with Crippen molar-refractivity contribution < 1.29 is 17.4 Å². The number of nitrogen functional groups attached to an aromatic ring is 1. The molecule has 0 heterocycles. The SMILES string of the molecule is Cc1ccccc1S(=O)Cc1ccc(N)cc1C(F)(F)F. The van der Waals surface area contributed by atoms with E-state index in [2.05, 4.69) is 0 Å². The third-order valence-corrected chi connectivity index (χ3v) is 4.59. The molecule has 0 amide bonds. The number of alkyl halides is 3. The normalized spacial score (nSPS) is 13.1. The second kappa shape index (κ2) is 5.89. The summed E-state index contributed by atoms with van der Waals surface area (Å²) in [5.74, 6) is -0.194. The van der Waals surface area contributed by atoms with Crippen LogP contribution in [0.2, 0.25) is 0 Å². The zero-order valence-corrected chi connectivity index (χ0v) is 12.1. The van der Waals surface area contributed by atoms with Gasteiger partial charge in [-0.05, 0) is 36.2 Å². The van der Waals surface area contributed by atoms with Crippen LogP contribution in [-0.2, 0) is 22.7 Å². The molecule has 2 N–H and O–H groups in total. The van der Waals surface area contributed by atoms with E-state index in [1.165, 1.54) is 12.1 Å². The Kier molecular flexibility index (Phi) is 4.37. The zero-order chi connectivity index (χ0) is 15.6. The van der Waals surface area contributed by atoms with E-state index in [4.69, 9.17) is 5.73 Å². The second-order valence-electron chi connectivity index (χ2n) is 4.67. The quantitative estimate of drug-likeness (QED) is 0.873. The molecule has 0 aromatic heterocycles. The lowest BCUT2D eigenvalue weighted by Gasteiger charge is -2.14. The van der Waals surface area contributed by atoms with Crippen LogP contribution in [0.4, 0.5) is 18.9 Å². The third kappa shape index (κ3) is 3.64. The lowest BCUT2D eigenvalue weighted by Crippen LogP contribution is -2.11. The van der Waals surface area contributed by atoms with E-state index >= 15 is 0 Å². The van der Waals surface area contributed by atoms with Gasteiger partial charge in [0.05, 0.1) is 22.1 Å². The van der Waals surface area contributed by atoms with Crippen molar-refractivity contribution in [2.45, 2.75) is 23.7 Å². The smallest absolute Gasteiger partial charge is 0.399 e. The summed E-state index contributed by atoms with van der Waals surface area (Å²) >= 11 is 0. The Morgan fingerprint density at radius 3 is 2.43 bits per heavy atom. The van der Waals surface area contributed by atoms with Crippen molar-refractivity contribution >= 4 is 16.5 Å². The molecular formula is C15H14F3NOS. The van der Waals surface area contributed by atoms with E-state index in [0.29, 0.717) is 4.90 Å². The fourth-order valence-electron chi connectivity index (χ4n) is 2.01. The van der Waals surface area contributed by atoms with Gasteiger partial charge in [0.25, 0.3) is 0 Å². The molecule has 2 aromatic carbocycles. The van der Waals surface area contributed by atoms with E-state index in [0.717, 1.165) is 11.6 Å². The summed E-state index contributed by atoms with van der Waals surface area (Å²) < 4.78 is 51.3.